The molecule has 6 heteroatoms. The zero-order valence-electron chi connectivity index (χ0n) is 16.6. The van der Waals surface area contributed by atoms with Gasteiger partial charge in [0.05, 0.1) is 5.92 Å². The number of piperidine rings is 2. The second kappa shape index (κ2) is 8.55. The van der Waals surface area contributed by atoms with Crippen molar-refractivity contribution >= 4 is 11.7 Å². The predicted molar refractivity (Wildman–Crippen MR) is 107 cm³/mol. The molecule has 3 aliphatic rings. The number of nitrogens with zero attached hydrogens (tertiary/aromatic N) is 5. The van der Waals surface area contributed by atoms with E-state index in [4.69, 9.17) is 0 Å². The molecule has 0 saturated carbocycles. The zero-order valence-corrected chi connectivity index (χ0v) is 16.6. The number of carbonyl (C=O) groups is 1. The number of rotatable bonds is 4. The van der Waals surface area contributed by atoms with Gasteiger partial charge in [0, 0.05) is 50.5 Å². The van der Waals surface area contributed by atoms with Crippen LogP contribution in [0.15, 0.2) is 12.4 Å². The summed E-state index contributed by atoms with van der Waals surface area (Å²) in [6, 6.07) is 2.74. The maximum Gasteiger partial charge on any atom is 0.226 e. The zero-order chi connectivity index (χ0) is 18.6. The molecule has 0 N–H and O–H groups in total. The van der Waals surface area contributed by atoms with E-state index in [1.807, 2.05) is 0 Å². The molecule has 3 fully saturated rings. The summed E-state index contributed by atoms with van der Waals surface area (Å²) in [6.45, 7) is 8.31. The molecule has 0 bridgehead atoms. The van der Waals surface area contributed by atoms with Gasteiger partial charge >= 0.3 is 0 Å². The fraction of sp³-hybridized carbons (Fsp3) is 0.762. The van der Waals surface area contributed by atoms with Crippen molar-refractivity contribution in [1.82, 2.24) is 19.8 Å². The van der Waals surface area contributed by atoms with Gasteiger partial charge in [-0.05, 0) is 51.5 Å². The number of anilines is 1. The summed E-state index contributed by atoms with van der Waals surface area (Å²) in [7, 11) is 0. The van der Waals surface area contributed by atoms with Crippen molar-refractivity contribution in [2.24, 2.45) is 5.92 Å². The molecule has 1 atom stereocenters. The SMILES string of the molecule is CCc1cc(N2CCC(N3CCCC(C(=O)N4CCCC4)C3)CC2)ncn1. The Labute approximate surface area is 162 Å². The van der Waals surface area contributed by atoms with Crippen LogP contribution in [0.25, 0.3) is 0 Å². The number of aromatic nitrogens is 2. The van der Waals surface area contributed by atoms with Crippen LogP contribution in [0.3, 0.4) is 0 Å². The Bertz CT molecular complexity index is 637. The summed E-state index contributed by atoms with van der Waals surface area (Å²) in [5.41, 5.74) is 1.11. The van der Waals surface area contributed by atoms with Crippen LogP contribution in [0.2, 0.25) is 0 Å². The van der Waals surface area contributed by atoms with Gasteiger partial charge in [-0.3, -0.25) is 9.69 Å². The van der Waals surface area contributed by atoms with Crippen molar-refractivity contribution in [1.29, 1.82) is 0 Å². The number of carbonyl (C=O) groups excluding carboxylic acids is 1. The molecule has 1 amide bonds. The Kier molecular flexibility index (Phi) is 5.91. The Balaban J connectivity index is 1.31. The molecule has 27 heavy (non-hydrogen) atoms. The fourth-order valence-electron chi connectivity index (χ4n) is 4.95. The molecular weight excluding hydrogens is 338 g/mol. The van der Waals surface area contributed by atoms with E-state index in [0.717, 1.165) is 82.9 Å². The summed E-state index contributed by atoms with van der Waals surface area (Å²) in [4.78, 5) is 28.7. The van der Waals surface area contributed by atoms with Gasteiger partial charge in [0.15, 0.2) is 0 Å². The van der Waals surface area contributed by atoms with Gasteiger partial charge in [-0.2, -0.15) is 0 Å². The maximum atomic E-state index is 12.8. The first kappa shape index (κ1) is 18.7. The fourth-order valence-corrected chi connectivity index (χ4v) is 4.95. The average molecular weight is 372 g/mol. The number of amides is 1. The van der Waals surface area contributed by atoms with Crippen LogP contribution in [-0.4, -0.2) is 71.0 Å². The number of hydrogen-bond acceptors (Lipinski definition) is 5. The molecule has 1 aromatic rings. The molecule has 0 aliphatic carbocycles. The van der Waals surface area contributed by atoms with Gasteiger partial charge in [0.1, 0.15) is 12.1 Å². The van der Waals surface area contributed by atoms with E-state index in [-0.39, 0.29) is 5.92 Å². The van der Waals surface area contributed by atoms with Crippen molar-refractivity contribution in [2.75, 3.05) is 44.2 Å². The highest BCUT2D eigenvalue weighted by atomic mass is 16.2. The smallest absolute Gasteiger partial charge is 0.226 e. The topological polar surface area (TPSA) is 52.6 Å². The van der Waals surface area contributed by atoms with Crippen molar-refractivity contribution < 1.29 is 4.79 Å². The van der Waals surface area contributed by atoms with Crippen LogP contribution in [0.5, 0.6) is 0 Å². The molecule has 3 aliphatic heterocycles. The van der Waals surface area contributed by atoms with Crippen molar-refractivity contribution in [3.05, 3.63) is 18.1 Å². The van der Waals surface area contributed by atoms with Crippen molar-refractivity contribution in [2.45, 2.75) is 57.9 Å². The van der Waals surface area contributed by atoms with Crippen LogP contribution in [-0.2, 0) is 11.2 Å². The van der Waals surface area contributed by atoms with Crippen LogP contribution in [0.4, 0.5) is 5.82 Å². The third-order valence-electron chi connectivity index (χ3n) is 6.60. The monoisotopic (exact) mass is 371 g/mol. The summed E-state index contributed by atoms with van der Waals surface area (Å²) >= 11 is 0. The third kappa shape index (κ3) is 4.26. The quantitative estimate of drug-likeness (QED) is 0.813. The minimum atomic E-state index is 0.226. The Morgan fingerprint density at radius 3 is 2.56 bits per heavy atom. The third-order valence-corrected chi connectivity index (χ3v) is 6.60. The van der Waals surface area contributed by atoms with Gasteiger partial charge in [-0.25, -0.2) is 9.97 Å². The summed E-state index contributed by atoms with van der Waals surface area (Å²) in [5, 5.41) is 0. The van der Waals surface area contributed by atoms with E-state index >= 15 is 0 Å². The predicted octanol–water partition coefficient (Wildman–Crippen LogP) is 2.34. The van der Waals surface area contributed by atoms with Gasteiger partial charge in [0.25, 0.3) is 0 Å². The molecule has 1 unspecified atom stereocenters. The van der Waals surface area contributed by atoms with E-state index in [9.17, 15) is 4.79 Å². The standard InChI is InChI=1S/C21H33N5O/c1-2-18-14-20(23-16-22-18)24-12-7-19(8-13-24)26-11-5-6-17(15-26)21(27)25-9-3-4-10-25/h14,16-17,19H,2-13,15H2,1H3. The molecular formula is C21H33N5O. The van der Waals surface area contributed by atoms with Gasteiger partial charge < -0.3 is 9.80 Å². The number of hydrogen-bond donors (Lipinski definition) is 0. The second-order valence-corrected chi connectivity index (χ2v) is 8.31. The summed E-state index contributed by atoms with van der Waals surface area (Å²) in [6.07, 6.45) is 9.58. The normalized spacial score (nSPS) is 25.1. The second-order valence-electron chi connectivity index (χ2n) is 8.31. The first-order valence-electron chi connectivity index (χ1n) is 10.8. The van der Waals surface area contributed by atoms with Gasteiger partial charge in [-0.15, -0.1) is 0 Å². The van der Waals surface area contributed by atoms with E-state index in [1.54, 1.807) is 6.33 Å². The van der Waals surface area contributed by atoms with E-state index in [1.165, 1.54) is 12.8 Å². The lowest BCUT2D eigenvalue weighted by Crippen LogP contribution is -2.51. The van der Waals surface area contributed by atoms with E-state index < -0.39 is 0 Å². The minimum Gasteiger partial charge on any atom is -0.356 e. The highest BCUT2D eigenvalue weighted by Gasteiger charge is 2.34. The van der Waals surface area contributed by atoms with Crippen LogP contribution < -0.4 is 4.90 Å². The molecule has 0 radical (unpaired) electrons. The maximum absolute atomic E-state index is 12.8. The minimum absolute atomic E-state index is 0.226. The van der Waals surface area contributed by atoms with Crippen LogP contribution in [0.1, 0.15) is 51.1 Å². The lowest BCUT2D eigenvalue weighted by Gasteiger charge is -2.42. The van der Waals surface area contributed by atoms with E-state index in [0.29, 0.717) is 11.9 Å². The average Bonchev–Trinajstić information content (AvgIpc) is 3.28. The molecule has 0 aromatic carbocycles. The van der Waals surface area contributed by atoms with Crippen LogP contribution >= 0.6 is 0 Å². The van der Waals surface area contributed by atoms with Gasteiger partial charge in [-0.1, -0.05) is 6.92 Å². The lowest BCUT2D eigenvalue weighted by atomic mass is 9.93. The first-order chi connectivity index (χ1) is 13.2. The lowest BCUT2D eigenvalue weighted by molar-refractivity contribution is -0.136. The molecule has 6 nitrogen and oxygen atoms in total. The van der Waals surface area contributed by atoms with Crippen molar-refractivity contribution in [3.8, 4) is 0 Å². The molecule has 0 spiro atoms. The molecule has 4 heterocycles. The largest absolute Gasteiger partial charge is 0.356 e. The number of aryl methyl sites for hydroxylation is 1. The highest BCUT2D eigenvalue weighted by molar-refractivity contribution is 5.79. The summed E-state index contributed by atoms with van der Waals surface area (Å²) < 4.78 is 0. The van der Waals surface area contributed by atoms with Crippen molar-refractivity contribution in [3.63, 3.8) is 0 Å². The number of likely N-dealkylation sites (tertiary alicyclic amines) is 2. The Hall–Kier alpha value is -1.69. The molecule has 148 valence electrons. The van der Waals surface area contributed by atoms with Gasteiger partial charge in [0.2, 0.25) is 5.91 Å². The Morgan fingerprint density at radius 1 is 1.04 bits per heavy atom. The van der Waals surface area contributed by atoms with Crippen LogP contribution in [0, 0.1) is 5.92 Å². The van der Waals surface area contributed by atoms with E-state index in [2.05, 4.69) is 37.7 Å². The molecule has 1 aromatic heterocycles. The summed E-state index contributed by atoms with van der Waals surface area (Å²) in [5.74, 6) is 1.72. The first-order valence-corrected chi connectivity index (χ1v) is 10.8. The Morgan fingerprint density at radius 2 is 1.81 bits per heavy atom. The highest BCUT2D eigenvalue weighted by Crippen LogP contribution is 2.27. The molecule has 3 saturated heterocycles. The molecule has 4 rings (SSSR count).